The molecular weight excluding hydrogens is 485 g/mol. The number of fused-ring (bicyclic) bond motifs is 1. The van der Waals surface area contributed by atoms with Gasteiger partial charge in [0.2, 0.25) is 0 Å². The Morgan fingerprint density at radius 3 is 2.30 bits per heavy atom. The quantitative estimate of drug-likeness (QED) is 0.386. The monoisotopic (exact) mass is 514 g/mol. The van der Waals surface area contributed by atoms with Gasteiger partial charge in [0.05, 0.1) is 5.56 Å². The first-order chi connectivity index (χ1) is 17.3. The van der Waals surface area contributed by atoms with Crippen LogP contribution in [-0.4, -0.2) is 54.1 Å². The number of halogens is 3. The number of carbonyl (C=O) groups excluding carboxylic acids is 2. The number of rotatable bonds is 5. The second-order valence-electron chi connectivity index (χ2n) is 10.3. The highest BCUT2D eigenvalue weighted by Crippen LogP contribution is 2.34. The highest BCUT2D eigenvalue weighted by Gasteiger charge is 2.34. The van der Waals surface area contributed by atoms with E-state index in [4.69, 9.17) is 9.47 Å². The van der Waals surface area contributed by atoms with E-state index in [1.165, 1.54) is 17.0 Å². The average molecular weight is 515 g/mol. The molecule has 0 aromatic heterocycles. The molecule has 0 aliphatic carbocycles. The molecule has 0 radical (unpaired) electrons. The summed E-state index contributed by atoms with van der Waals surface area (Å²) in [7, 11) is 1.69. The smallest absolute Gasteiger partial charge is 0.416 e. The minimum Gasteiger partial charge on any atom is -0.457 e. The number of hydrogen-bond acceptors (Lipinski definition) is 4. The van der Waals surface area contributed by atoms with E-state index < -0.39 is 17.3 Å². The molecule has 37 heavy (non-hydrogen) atoms. The van der Waals surface area contributed by atoms with E-state index in [0.717, 1.165) is 22.9 Å². The van der Waals surface area contributed by atoms with Crippen LogP contribution in [0.2, 0.25) is 0 Å². The zero-order valence-electron chi connectivity index (χ0n) is 21.1. The number of alkyl halides is 3. The van der Waals surface area contributed by atoms with Crippen LogP contribution in [0.25, 0.3) is 10.8 Å². The molecule has 3 aromatic rings. The summed E-state index contributed by atoms with van der Waals surface area (Å²) >= 11 is 0. The van der Waals surface area contributed by atoms with Crippen LogP contribution in [-0.2, 0) is 10.9 Å². The molecule has 1 saturated heterocycles. The van der Waals surface area contributed by atoms with E-state index in [2.05, 4.69) is 0 Å². The molecule has 1 heterocycles. The van der Waals surface area contributed by atoms with Crippen molar-refractivity contribution in [3.63, 3.8) is 0 Å². The molecule has 6 nitrogen and oxygen atoms in total. The van der Waals surface area contributed by atoms with Gasteiger partial charge < -0.3 is 19.3 Å². The molecule has 4 rings (SSSR count). The van der Waals surface area contributed by atoms with Gasteiger partial charge in [-0.15, -0.1) is 0 Å². The molecular formula is C28H29F3N2O4. The average Bonchev–Trinajstić information content (AvgIpc) is 2.79. The Bertz CT molecular complexity index is 1290. The zero-order valence-corrected chi connectivity index (χ0v) is 21.1. The Morgan fingerprint density at radius 2 is 1.68 bits per heavy atom. The number of carbonyl (C=O) groups is 2. The summed E-state index contributed by atoms with van der Waals surface area (Å²) in [5, 5.41) is 1.51. The maximum Gasteiger partial charge on any atom is 0.416 e. The van der Waals surface area contributed by atoms with Gasteiger partial charge in [0, 0.05) is 43.5 Å². The normalized spacial score (nSPS) is 14.3. The predicted molar refractivity (Wildman–Crippen MR) is 134 cm³/mol. The molecule has 1 aliphatic rings. The van der Waals surface area contributed by atoms with Crippen LogP contribution in [0.1, 0.15) is 36.7 Å². The molecule has 196 valence electrons. The lowest BCUT2D eigenvalue weighted by molar-refractivity contribution is -0.137. The highest BCUT2D eigenvalue weighted by molar-refractivity contribution is 6.00. The van der Waals surface area contributed by atoms with Gasteiger partial charge in [0.15, 0.2) is 0 Å². The van der Waals surface area contributed by atoms with Gasteiger partial charge >= 0.3 is 12.3 Å². The summed E-state index contributed by atoms with van der Waals surface area (Å²) in [6, 6.07) is 15.1. The third kappa shape index (κ3) is 6.34. The van der Waals surface area contributed by atoms with Crippen molar-refractivity contribution in [3.8, 4) is 11.5 Å². The van der Waals surface area contributed by atoms with Crippen molar-refractivity contribution >= 4 is 22.8 Å². The summed E-state index contributed by atoms with van der Waals surface area (Å²) in [6.45, 7) is 7.03. The summed E-state index contributed by atoms with van der Waals surface area (Å²) in [4.78, 5) is 28.4. The van der Waals surface area contributed by atoms with Crippen LogP contribution in [0.4, 0.5) is 18.0 Å². The minimum atomic E-state index is -4.41. The molecule has 0 N–H and O–H groups in total. The highest BCUT2D eigenvalue weighted by atomic mass is 19.4. The maximum absolute atomic E-state index is 13.0. The molecule has 0 atom stereocenters. The molecule has 0 bridgehead atoms. The third-order valence-electron chi connectivity index (χ3n) is 5.98. The van der Waals surface area contributed by atoms with E-state index in [0.29, 0.717) is 30.9 Å². The van der Waals surface area contributed by atoms with Crippen molar-refractivity contribution in [3.05, 3.63) is 71.8 Å². The van der Waals surface area contributed by atoms with E-state index in [9.17, 15) is 22.8 Å². The van der Waals surface area contributed by atoms with Gasteiger partial charge in [-0.25, -0.2) is 4.79 Å². The first kappa shape index (κ1) is 26.3. The second-order valence-corrected chi connectivity index (χ2v) is 10.3. The third-order valence-corrected chi connectivity index (χ3v) is 5.98. The number of ether oxygens (including phenoxy) is 2. The van der Waals surface area contributed by atoms with Crippen molar-refractivity contribution in [2.75, 3.05) is 26.7 Å². The SMILES string of the molecule is CN(CC1CN(C(=O)c2ccc3c(Oc4ccc(C(F)(F)F)cc4)cccc3c2)C1)C(=O)OC(C)(C)C. The van der Waals surface area contributed by atoms with Crippen LogP contribution in [0.5, 0.6) is 11.5 Å². The maximum atomic E-state index is 13.0. The van der Waals surface area contributed by atoms with Gasteiger partial charge in [-0.05, 0) is 74.7 Å². The fraction of sp³-hybridized carbons (Fsp3) is 0.357. The summed E-state index contributed by atoms with van der Waals surface area (Å²) in [5.74, 6) is 0.826. The van der Waals surface area contributed by atoms with Crippen LogP contribution in [0, 0.1) is 5.92 Å². The fourth-order valence-corrected chi connectivity index (χ4v) is 4.15. The largest absolute Gasteiger partial charge is 0.457 e. The molecule has 9 heteroatoms. The second kappa shape index (κ2) is 9.95. The standard InChI is InChI=1S/C28H29F3N2O4/c1-27(2,3)37-26(35)32(4)15-18-16-33(17-18)25(34)20-8-13-23-19(14-20)6-5-7-24(23)36-22-11-9-21(10-12-22)28(29,30)31/h5-14,18H,15-17H2,1-4H3. The minimum absolute atomic E-state index is 0.105. The van der Waals surface area contributed by atoms with E-state index in [1.54, 1.807) is 42.3 Å². The lowest BCUT2D eigenvalue weighted by Crippen LogP contribution is -2.54. The first-order valence-electron chi connectivity index (χ1n) is 11.9. The number of hydrogen-bond donors (Lipinski definition) is 0. The zero-order chi connectivity index (χ0) is 27.0. The first-order valence-corrected chi connectivity index (χ1v) is 11.9. The van der Waals surface area contributed by atoms with E-state index in [-0.39, 0.29) is 23.7 Å². The van der Waals surface area contributed by atoms with Crippen molar-refractivity contribution in [2.24, 2.45) is 5.92 Å². The molecule has 0 spiro atoms. The number of nitrogens with zero attached hydrogens (tertiary/aromatic N) is 2. The van der Waals surface area contributed by atoms with Gasteiger partial charge in [0.25, 0.3) is 5.91 Å². The van der Waals surface area contributed by atoms with Gasteiger partial charge in [-0.2, -0.15) is 13.2 Å². The van der Waals surface area contributed by atoms with Crippen LogP contribution in [0.15, 0.2) is 60.7 Å². The molecule has 3 aromatic carbocycles. The molecule has 0 unspecified atom stereocenters. The van der Waals surface area contributed by atoms with Crippen molar-refractivity contribution < 1.29 is 32.2 Å². The fourth-order valence-electron chi connectivity index (χ4n) is 4.15. The van der Waals surface area contributed by atoms with E-state index >= 15 is 0 Å². The van der Waals surface area contributed by atoms with Gasteiger partial charge in [-0.3, -0.25) is 4.79 Å². The van der Waals surface area contributed by atoms with E-state index in [1.807, 2.05) is 26.8 Å². The molecule has 1 aliphatic heterocycles. The van der Waals surface area contributed by atoms with Crippen LogP contribution < -0.4 is 4.74 Å². The van der Waals surface area contributed by atoms with Crippen molar-refractivity contribution in [2.45, 2.75) is 32.5 Å². The Hall–Kier alpha value is -3.75. The van der Waals surface area contributed by atoms with Crippen LogP contribution >= 0.6 is 0 Å². The van der Waals surface area contributed by atoms with Gasteiger partial charge in [0.1, 0.15) is 17.1 Å². The van der Waals surface area contributed by atoms with Crippen molar-refractivity contribution in [1.29, 1.82) is 0 Å². The summed E-state index contributed by atoms with van der Waals surface area (Å²) in [6.07, 6.45) is -4.80. The summed E-state index contributed by atoms with van der Waals surface area (Å²) < 4.78 is 49.6. The lowest BCUT2D eigenvalue weighted by atomic mass is 9.97. The van der Waals surface area contributed by atoms with Crippen molar-refractivity contribution in [1.82, 2.24) is 9.80 Å². The number of benzene rings is 3. The topological polar surface area (TPSA) is 59.1 Å². The predicted octanol–water partition coefficient (Wildman–Crippen LogP) is 6.59. The molecule has 1 fully saturated rings. The Balaban J connectivity index is 1.39. The number of amides is 2. The Morgan fingerprint density at radius 1 is 1.00 bits per heavy atom. The Labute approximate surface area is 213 Å². The molecule has 0 saturated carbocycles. The summed E-state index contributed by atoms with van der Waals surface area (Å²) in [5.41, 5.74) is -0.783. The van der Waals surface area contributed by atoms with Crippen LogP contribution in [0.3, 0.4) is 0 Å². The lowest BCUT2D eigenvalue weighted by Gasteiger charge is -2.41. The van der Waals surface area contributed by atoms with Gasteiger partial charge in [-0.1, -0.05) is 12.1 Å². The Kier molecular flexibility index (Phi) is 7.08. The molecule has 2 amide bonds. The number of likely N-dealkylation sites (tertiary alicyclic amines) is 1.